The smallest absolute Gasteiger partial charge is 0.269 e. The molecule has 1 fully saturated rings. The van der Waals surface area contributed by atoms with E-state index in [9.17, 15) is 9.59 Å². The maximum Gasteiger partial charge on any atom is 0.269 e. The summed E-state index contributed by atoms with van der Waals surface area (Å²) in [5.74, 6) is -0.317. The molecule has 2 aromatic heterocycles. The number of fused-ring (bicyclic) bond motifs is 3. The van der Waals surface area contributed by atoms with Crippen LogP contribution >= 0.6 is 0 Å². The molecule has 0 saturated carbocycles. The average molecular weight is 352 g/mol. The quantitative estimate of drug-likeness (QED) is 0.831. The SMILES string of the molecule is C=CC(=O)N1CCCC(c2cnc(C(N)=O)c3[nH]c4c(c23)CCCC4)C1. The molecule has 6 heteroatoms. The Balaban J connectivity index is 1.83. The van der Waals surface area contributed by atoms with Crippen LogP contribution < -0.4 is 5.73 Å². The zero-order valence-corrected chi connectivity index (χ0v) is 14.9. The van der Waals surface area contributed by atoms with E-state index < -0.39 is 5.91 Å². The zero-order valence-electron chi connectivity index (χ0n) is 14.9. The molecule has 0 bridgehead atoms. The second-order valence-corrected chi connectivity index (χ2v) is 7.29. The first-order valence-corrected chi connectivity index (χ1v) is 9.33. The first-order chi connectivity index (χ1) is 12.6. The number of hydrogen-bond donors (Lipinski definition) is 2. The van der Waals surface area contributed by atoms with E-state index >= 15 is 0 Å². The number of pyridine rings is 1. The van der Waals surface area contributed by atoms with Crippen molar-refractivity contribution in [2.45, 2.75) is 44.4 Å². The topological polar surface area (TPSA) is 92.1 Å². The lowest BCUT2D eigenvalue weighted by molar-refractivity contribution is -0.127. The fraction of sp³-hybridized carbons (Fsp3) is 0.450. The minimum absolute atomic E-state index is 0.0243. The molecule has 0 radical (unpaired) electrons. The van der Waals surface area contributed by atoms with Crippen LogP contribution in [0.4, 0.5) is 0 Å². The maximum atomic E-state index is 12.1. The highest BCUT2D eigenvalue weighted by Crippen LogP contribution is 2.38. The largest absolute Gasteiger partial charge is 0.364 e. The number of H-pyrrole nitrogens is 1. The van der Waals surface area contributed by atoms with Crippen molar-refractivity contribution in [1.29, 1.82) is 0 Å². The van der Waals surface area contributed by atoms with Gasteiger partial charge in [-0.1, -0.05) is 6.58 Å². The summed E-state index contributed by atoms with van der Waals surface area (Å²) in [7, 11) is 0. The molecule has 0 aromatic carbocycles. The van der Waals surface area contributed by atoms with E-state index in [1.54, 1.807) is 6.20 Å². The minimum atomic E-state index is -0.507. The van der Waals surface area contributed by atoms with Gasteiger partial charge in [-0.05, 0) is 55.7 Å². The van der Waals surface area contributed by atoms with E-state index in [1.165, 1.54) is 17.3 Å². The van der Waals surface area contributed by atoms with Gasteiger partial charge in [-0.15, -0.1) is 0 Å². The number of nitrogens with two attached hydrogens (primary N) is 1. The van der Waals surface area contributed by atoms with Gasteiger partial charge in [-0.25, -0.2) is 4.98 Å². The van der Waals surface area contributed by atoms with Gasteiger partial charge in [-0.3, -0.25) is 9.59 Å². The molecule has 4 rings (SSSR count). The van der Waals surface area contributed by atoms with Crippen LogP contribution in [0.15, 0.2) is 18.9 Å². The number of piperidine rings is 1. The molecule has 1 aliphatic heterocycles. The van der Waals surface area contributed by atoms with E-state index in [1.807, 2.05) is 4.90 Å². The van der Waals surface area contributed by atoms with Crippen molar-refractivity contribution in [1.82, 2.24) is 14.9 Å². The summed E-state index contributed by atoms with van der Waals surface area (Å²) in [5, 5.41) is 1.11. The lowest BCUT2D eigenvalue weighted by Crippen LogP contribution is -2.38. The van der Waals surface area contributed by atoms with E-state index in [0.717, 1.165) is 61.5 Å². The molecule has 0 spiro atoms. The Morgan fingerprint density at radius 2 is 2.12 bits per heavy atom. The fourth-order valence-corrected chi connectivity index (χ4v) is 4.50. The second-order valence-electron chi connectivity index (χ2n) is 7.29. The summed E-state index contributed by atoms with van der Waals surface area (Å²) >= 11 is 0. The summed E-state index contributed by atoms with van der Waals surface area (Å²) in [6.45, 7) is 5.03. The van der Waals surface area contributed by atoms with E-state index in [4.69, 9.17) is 5.73 Å². The first kappa shape index (κ1) is 16.8. The number of hydrogen-bond acceptors (Lipinski definition) is 3. The lowest BCUT2D eigenvalue weighted by atomic mass is 9.86. The zero-order chi connectivity index (χ0) is 18.3. The molecule has 3 heterocycles. The number of rotatable bonds is 3. The number of aryl methyl sites for hydroxylation is 2. The predicted molar refractivity (Wildman–Crippen MR) is 100 cm³/mol. The van der Waals surface area contributed by atoms with Crippen molar-refractivity contribution in [2.75, 3.05) is 13.1 Å². The molecule has 2 aromatic rings. The summed E-state index contributed by atoms with van der Waals surface area (Å²) < 4.78 is 0. The Kier molecular flexibility index (Phi) is 4.26. The number of amides is 2. The van der Waals surface area contributed by atoms with Gasteiger partial charge in [-0.2, -0.15) is 0 Å². The third-order valence-corrected chi connectivity index (χ3v) is 5.73. The van der Waals surface area contributed by atoms with Crippen LogP contribution in [0.1, 0.15) is 58.9 Å². The van der Waals surface area contributed by atoms with Gasteiger partial charge in [0.2, 0.25) is 5.91 Å². The monoisotopic (exact) mass is 352 g/mol. The lowest BCUT2D eigenvalue weighted by Gasteiger charge is -2.32. The van der Waals surface area contributed by atoms with Gasteiger partial charge in [0.15, 0.2) is 5.69 Å². The van der Waals surface area contributed by atoms with Gasteiger partial charge < -0.3 is 15.6 Å². The maximum absolute atomic E-state index is 12.1. The molecular weight excluding hydrogens is 328 g/mol. The number of carbonyl (C=O) groups is 2. The predicted octanol–water partition coefficient (Wildman–Crippen LogP) is 2.43. The normalized spacial score (nSPS) is 20.0. The van der Waals surface area contributed by atoms with Crippen LogP contribution in [0, 0.1) is 0 Å². The molecular formula is C20H24N4O2. The van der Waals surface area contributed by atoms with Gasteiger partial charge in [0.1, 0.15) is 0 Å². The van der Waals surface area contributed by atoms with E-state index in [-0.39, 0.29) is 11.8 Å². The second kappa shape index (κ2) is 6.59. The number of aromatic nitrogens is 2. The molecule has 3 N–H and O–H groups in total. The van der Waals surface area contributed by atoms with E-state index in [0.29, 0.717) is 12.2 Å². The van der Waals surface area contributed by atoms with Crippen LogP contribution in [0.3, 0.4) is 0 Å². The number of nitrogens with zero attached hydrogens (tertiary/aromatic N) is 2. The molecule has 2 amide bonds. The van der Waals surface area contributed by atoms with Crippen molar-refractivity contribution in [2.24, 2.45) is 5.73 Å². The van der Waals surface area contributed by atoms with Gasteiger partial charge in [0.05, 0.1) is 5.52 Å². The molecule has 2 aliphatic rings. The molecule has 1 saturated heterocycles. The highest BCUT2D eigenvalue weighted by atomic mass is 16.2. The number of carbonyl (C=O) groups excluding carboxylic acids is 2. The van der Waals surface area contributed by atoms with Crippen molar-refractivity contribution in [3.8, 4) is 0 Å². The molecule has 1 unspecified atom stereocenters. The Hall–Kier alpha value is -2.63. The number of aromatic amines is 1. The van der Waals surface area contributed by atoms with Crippen molar-refractivity contribution < 1.29 is 9.59 Å². The van der Waals surface area contributed by atoms with Crippen LogP contribution in [-0.2, 0) is 17.6 Å². The number of likely N-dealkylation sites (tertiary alicyclic amines) is 1. The Morgan fingerprint density at radius 1 is 1.31 bits per heavy atom. The van der Waals surface area contributed by atoms with Gasteiger partial charge >= 0.3 is 0 Å². The third-order valence-electron chi connectivity index (χ3n) is 5.73. The first-order valence-electron chi connectivity index (χ1n) is 9.33. The Bertz CT molecular complexity index is 899. The molecule has 1 atom stereocenters. The third kappa shape index (κ3) is 2.69. The van der Waals surface area contributed by atoms with Crippen LogP contribution in [0.5, 0.6) is 0 Å². The van der Waals surface area contributed by atoms with E-state index in [2.05, 4.69) is 16.5 Å². The molecule has 1 aliphatic carbocycles. The van der Waals surface area contributed by atoms with Crippen molar-refractivity contribution >= 4 is 22.7 Å². The highest BCUT2D eigenvalue weighted by Gasteiger charge is 2.29. The molecule has 26 heavy (non-hydrogen) atoms. The summed E-state index contributed by atoms with van der Waals surface area (Å²) in [5.41, 5.74) is 10.3. The van der Waals surface area contributed by atoms with Crippen molar-refractivity contribution in [3.63, 3.8) is 0 Å². The highest BCUT2D eigenvalue weighted by molar-refractivity contribution is 6.05. The minimum Gasteiger partial charge on any atom is -0.364 e. The molecule has 136 valence electrons. The number of nitrogens with one attached hydrogen (secondary N) is 1. The van der Waals surface area contributed by atoms with Crippen molar-refractivity contribution in [3.05, 3.63) is 41.4 Å². The van der Waals surface area contributed by atoms with Crippen LogP contribution in [0.25, 0.3) is 10.9 Å². The van der Waals surface area contributed by atoms with Crippen LogP contribution in [-0.4, -0.2) is 39.8 Å². The summed E-state index contributed by atoms with van der Waals surface area (Å²) in [4.78, 5) is 33.6. The summed E-state index contributed by atoms with van der Waals surface area (Å²) in [6.07, 6.45) is 9.45. The summed E-state index contributed by atoms with van der Waals surface area (Å²) in [6, 6.07) is 0. The Morgan fingerprint density at radius 3 is 2.88 bits per heavy atom. The number of primary amides is 1. The standard InChI is InChI=1S/C20H24N4O2/c1-2-16(25)24-9-5-6-12(11-24)14-10-22-19(20(21)26)18-17(14)13-7-3-4-8-15(13)23-18/h2,10,12,23H,1,3-9,11H2,(H2,21,26). The fourth-order valence-electron chi connectivity index (χ4n) is 4.50. The Labute approximate surface area is 152 Å². The van der Waals surface area contributed by atoms with Gasteiger partial charge in [0, 0.05) is 36.3 Å². The van der Waals surface area contributed by atoms with Crippen LogP contribution in [0.2, 0.25) is 0 Å². The molecule has 6 nitrogen and oxygen atoms in total. The van der Waals surface area contributed by atoms with Gasteiger partial charge in [0.25, 0.3) is 5.91 Å². The average Bonchev–Trinajstić information content (AvgIpc) is 3.06.